The third-order valence-corrected chi connectivity index (χ3v) is 2.15. The predicted octanol–water partition coefficient (Wildman–Crippen LogP) is 2.26. The van der Waals surface area contributed by atoms with Crippen molar-refractivity contribution in [2.75, 3.05) is 0 Å². The largest absolute Gasteiger partial charge is 0.297 e. The SMILES string of the molecule is CC(C)(C)C(=O)Cn1cc(Br)cn1. The number of halogens is 1. The van der Waals surface area contributed by atoms with Gasteiger partial charge in [-0.3, -0.25) is 9.48 Å². The standard InChI is InChI=1S/C9H13BrN2O/c1-9(2,3)8(13)6-12-5-7(10)4-11-12/h4-5H,6H2,1-3H3. The summed E-state index contributed by atoms with van der Waals surface area (Å²) in [5.41, 5.74) is -0.293. The molecule has 3 nitrogen and oxygen atoms in total. The van der Waals surface area contributed by atoms with Crippen LogP contribution < -0.4 is 0 Å². The number of rotatable bonds is 2. The summed E-state index contributed by atoms with van der Waals surface area (Å²) in [6.07, 6.45) is 3.47. The molecule has 0 bridgehead atoms. The second-order valence-electron chi connectivity index (χ2n) is 4.03. The molecule has 0 saturated heterocycles. The van der Waals surface area contributed by atoms with Gasteiger partial charge in [-0.1, -0.05) is 20.8 Å². The van der Waals surface area contributed by atoms with Crippen molar-refractivity contribution in [2.45, 2.75) is 27.3 Å². The summed E-state index contributed by atoms with van der Waals surface area (Å²) in [6, 6.07) is 0. The van der Waals surface area contributed by atoms with Crippen molar-refractivity contribution in [2.24, 2.45) is 5.41 Å². The number of hydrogen-bond acceptors (Lipinski definition) is 2. The van der Waals surface area contributed by atoms with Gasteiger partial charge in [-0.25, -0.2) is 0 Å². The normalized spacial score (nSPS) is 11.7. The van der Waals surface area contributed by atoms with Gasteiger partial charge in [-0.15, -0.1) is 0 Å². The molecule has 0 aromatic carbocycles. The summed E-state index contributed by atoms with van der Waals surface area (Å²) < 4.78 is 2.53. The first-order valence-corrected chi connectivity index (χ1v) is 4.90. The minimum absolute atomic E-state index is 0.183. The van der Waals surface area contributed by atoms with Gasteiger partial charge in [0.25, 0.3) is 0 Å². The molecule has 1 aromatic heterocycles. The maximum Gasteiger partial charge on any atom is 0.159 e. The highest BCUT2D eigenvalue weighted by molar-refractivity contribution is 9.10. The highest BCUT2D eigenvalue weighted by atomic mass is 79.9. The summed E-state index contributed by atoms with van der Waals surface area (Å²) in [4.78, 5) is 11.6. The van der Waals surface area contributed by atoms with Crippen LogP contribution in [-0.2, 0) is 11.3 Å². The Bertz CT molecular complexity index is 312. The zero-order valence-electron chi connectivity index (χ0n) is 8.04. The number of carbonyl (C=O) groups excluding carboxylic acids is 1. The predicted molar refractivity (Wildman–Crippen MR) is 54.4 cm³/mol. The first-order valence-electron chi connectivity index (χ1n) is 4.11. The average Bonchev–Trinajstić information content (AvgIpc) is 2.33. The number of nitrogens with zero attached hydrogens (tertiary/aromatic N) is 2. The van der Waals surface area contributed by atoms with Crippen molar-refractivity contribution in [3.05, 3.63) is 16.9 Å². The number of ketones is 1. The minimum atomic E-state index is -0.293. The zero-order chi connectivity index (χ0) is 10.1. The molecule has 0 N–H and O–H groups in total. The van der Waals surface area contributed by atoms with Gasteiger partial charge in [0.15, 0.2) is 5.78 Å². The van der Waals surface area contributed by atoms with Gasteiger partial charge in [-0.05, 0) is 15.9 Å². The molecule has 0 saturated carbocycles. The second kappa shape index (κ2) is 3.62. The molecule has 72 valence electrons. The van der Waals surface area contributed by atoms with E-state index in [1.165, 1.54) is 0 Å². The number of carbonyl (C=O) groups is 1. The van der Waals surface area contributed by atoms with Gasteiger partial charge in [-0.2, -0.15) is 5.10 Å². The molecule has 0 unspecified atom stereocenters. The highest BCUT2D eigenvalue weighted by Crippen LogP contribution is 2.16. The van der Waals surface area contributed by atoms with Gasteiger partial charge in [0, 0.05) is 11.6 Å². The monoisotopic (exact) mass is 244 g/mol. The van der Waals surface area contributed by atoms with Gasteiger partial charge in [0.05, 0.1) is 10.7 Å². The van der Waals surface area contributed by atoms with E-state index in [0.717, 1.165) is 4.47 Å². The Labute approximate surface area is 86.3 Å². The molecular formula is C9H13BrN2O. The third kappa shape index (κ3) is 2.95. The summed E-state index contributed by atoms with van der Waals surface area (Å²) in [5, 5.41) is 4.02. The lowest BCUT2D eigenvalue weighted by atomic mass is 9.91. The van der Waals surface area contributed by atoms with Crippen LogP contribution >= 0.6 is 15.9 Å². The van der Waals surface area contributed by atoms with Gasteiger partial charge in [0.1, 0.15) is 6.54 Å². The van der Waals surface area contributed by atoms with Crippen LogP contribution in [0.2, 0.25) is 0 Å². The molecule has 1 aromatic rings. The van der Waals surface area contributed by atoms with Gasteiger partial charge in [0.2, 0.25) is 0 Å². The van der Waals surface area contributed by atoms with E-state index in [2.05, 4.69) is 21.0 Å². The minimum Gasteiger partial charge on any atom is -0.297 e. The van der Waals surface area contributed by atoms with Crippen LogP contribution in [0.3, 0.4) is 0 Å². The van der Waals surface area contributed by atoms with E-state index in [9.17, 15) is 4.79 Å². The molecule has 0 aliphatic rings. The van der Waals surface area contributed by atoms with Crippen molar-refractivity contribution < 1.29 is 4.79 Å². The fraction of sp³-hybridized carbons (Fsp3) is 0.556. The van der Waals surface area contributed by atoms with E-state index in [-0.39, 0.29) is 11.2 Å². The lowest BCUT2D eigenvalue weighted by Crippen LogP contribution is -2.25. The molecule has 0 amide bonds. The molecule has 0 atom stereocenters. The molecule has 0 radical (unpaired) electrons. The van der Waals surface area contributed by atoms with E-state index in [0.29, 0.717) is 6.54 Å². The molecule has 13 heavy (non-hydrogen) atoms. The average molecular weight is 245 g/mol. The lowest BCUT2D eigenvalue weighted by molar-refractivity contribution is -0.127. The molecule has 0 fully saturated rings. The van der Waals surface area contributed by atoms with E-state index in [1.807, 2.05) is 20.8 Å². The Hall–Kier alpha value is -0.640. The van der Waals surface area contributed by atoms with Gasteiger partial charge >= 0.3 is 0 Å². The van der Waals surface area contributed by atoms with Crippen LogP contribution in [0.4, 0.5) is 0 Å². The first-order chi connectivity index (χ1) is 5.89. The molecule has 1 heterocycles. The molecule has 0 spiro atoms. The van der Waals surface area contributed by atoms with Crippen molar-refractivity contribution in [3.63, 3.8) is 0 Å². The second-order valence-corrected chi connectivity index (χ2v) is 4.94. The van der Waals surface area contributed by atoms with Crippen LogP contribution in [0.1, 0.15) is 20.8 Å². The number of aromatic nitrogens is 2. The van der Waals surface area contributed by atoms with Crippen molar-refractivity contribution in [3.8, 4) is 0 Å². The van der Waals surface area contributed by atoms with Crippen LogP contribution in [0.25, 0.3) is 0 Å². The Kier molecular flexibility index (Phi) is 2.91. The van der Waals surface area contributed by atoms with Crippen LogP contribution in [0.5, 0.6) is 0 Å². The van der Waals surface area contributed by atoms with E-state index < -0.39 is 0 Å². The Balaban J connectivity index is 2.65. The summed E-state index contributed by atoms with van der Waals surface area (Å²) in [5.74, 6) is 0.183. The van der Waals surface area contributed by atoms with Crippen LogP contribution in [0, 0.1) is 5.41 Å². The lowest BCUT2D eigenvalue weighted by Gasteiger charge is -2.15. The van der Waals surface area contributed by atoms with Crippen molar-refractivity contribution >= 4 is 21.7 Å². The maximum atomic E-state index is 11.6. The maximum absolute atomic E-state index is 11.6. The number of hydrogen-bond donors (Lipinski definition) is 0. The Morgan fingerprint density at radius 1 is 1.62 bits per heavy atom. The molecular weight excluding hydrogens is 232 g/mol. The van der Waals surface area contributed by atoms with E-state index >= 15 is 0 Å². The Morgan fingerprint density at radius 2 is 2.23 bits per heavy atom. The summed E-state index contributed by atoms with van der Waals surface area (Å²) in [6.45, 7) is 6.07. The number of Topliss-reactive ketones (excluding diaryl/α,β-unsaturated/α-hetero) is 1. The molecule has 4 heteroatoms. The Morgan fingerprint density at radius 3 is 2.62 bits per heavy atom. The fourth-order valence-corrected chi connectivity index (χ4v) is 1.14. The molecule has 0 aliphatic heterocycles. The van der Waals surface area contributed by atoms with Crippen LogP contribution in [-0.4, -0.2) is 15.6 Å². The fourth-order valence-electron chi connectivity index (χ4n) is 0.809. The van der Waals surface area contributed by atoms with Crippen molar-refractivity contribution in [1.82, 2.24) is 9.78 Å². The summed E-state index contributed by atoms with van der Waals surface area (Å²) >= 11 is 3.28. The van der Waals surface area contributed by atoms with E-state index in [1.54, 1.807) is 17.1 Å². The van der Waals surface area contributed by atoms with Gasteiger partial charge < -0.3 is 0 Å². The molecule has 0 aliphatic carbocycles. The first kappa shape index (κ1) is 10.4. The van der Waals surface area contributed by atoms with Crippen LogP contribution in [0.15, 0.2) is 16.9 Å². The third-order valence-electron chi connectivity index (χ3n) is 1.74. The zero-order valence-corrected chi connectivity index (χ0v) is 9.63. The quantitative estimate of drug-likeness (QED) is 0.801. The summed E-state index contributed by atoms with van der Waals surface area (Å²) in [7, 11) is 0. The topological polar surface area (TPSA) is 34.9 Å². The van der Waals surface area contributed by atoms with E-state index in [4.69, 9.17) is 0 Å². The highest BCUT2D eigenvalue weighted by Gasteiger charge is 2.21. The van der Waals surface area contributed by atoms with Crippen molar-refractivity contribution in [1.29, 1.82) is 0 Å². The smallest absolute Gasteiger partial charge is 0.159 e. The molecule has 1 rings (SSSR count).